The summed E-state index contributed by atoms with van der Waals surface area (Å²) < 4.78 is 29.8. The molecule has 3 rings (SSSR count). The Labute approximate surface area is 146 Å². The van der Waals surface area contributed by atoms with Gasteiger partial charge in [0.1, 0.15) is 0 Å². The van der Waals surface area contributed by atoms with Crippen LogP contribution in [0.3, 0.4) is 0 Å². The second-order valence-corrected chi connectivity index (χ2v) is 8.32. The number of benzene rings is 1. The molecule has 1 aliphatic carbocycles. The van der Waals surface area contributed by atoms with Crippen LogP contribution in [0.15, 0.2) is 39.6 Å². The minimum Gasteiger partial charge on any atom is -0.408 e. The fourth-order valence-electron chi connectivity index (χ4n) is 2.95. The number of nitrogens with one attached hydrogen (secondary N) is 1. The standard InChI is InChI=1S/C17H21N3O4S/c21-15(11-12-25(22,23)14-9-5-2-6-10-14)18-17-20-19-16(24-17)13-7-3-1-4-8-13/h2,5-6,9-10,13H,1,3-4,7-8,11-12H2,(H,18,20,21). The van der Waals surface area contributed by atoms with Crippen LogP contribution in [-0.4, -0.2) is 30.3 Å². The minimum absolute atomic E-state index is 0.0303. The highest BCUT2D eigenvalue weighted by Gasteiger charge is 2.22. The minimum atomic E-state index is -3.49. The molecule has 134 valence electrons. The van der Waals surface area contributed by atoms with Crippen LogP contribution in [0.25, 0.3) is 0 Å². The number of anilines is 1. The molecule has 25 heavy (non-hydrogen) atoms. The van der Waals surface area contributed by atoms with Crippen LogP contribution in [0.5, 0.6) is 0 Å². The molecule has 1 heterocycles. The largest absolute Gasteiger partial charge is 0.408 e. The average Bonchev–Trinajstić information content (AvgIpc) is 3.10. The Kier molecular flexibility index (Phi) is 5.47. The van der Waals surface area contributed by atoms with Gasteiger partial charge in [0.2, 0.25) is 11.8 Å². The van der Waals surface area contributed by atoms with Crippen molar-refractivity contribution in [2.24, 2.45) is 0 Å². The van der Waals surface area contributed by atoms with E-state index in [2.05, 4.69) is 15.5 Å². The molecular formula is C17H21N3O4S. The summed E-state index contributed by atoms with van der Waals surface area (Å²) in [5.41, 5.74) is 0. The van der Waals surface area contributed by atoms with E-state index in [0.717, 1.165) is 25.7 Å². The second kappa shape index (κ2) is 7.77. The van der Waals surface area contributed by atoms with Crippen molar-refractivity contribution in [3.63, 3.8) is 0 Å². The Hall–Kier alpha value is -2.22. The monoisotopic (exact) mass is 363 g/mol. The maximum Gasteiger partial charge on any atom is 0.322 e. The molecule has 0 spiro atoms. The molecule has 1 saturated carbocycles. The Morgan fingerprint density at radius 1 is 1.12 bits per heavy atom. The molecule has 1 aliphatic rings. The number of hydrogen-bond acceptors (Lipinski definition) is 6. The number of sulfone groups is 1. The van der Waals surface area contributed by atoms with Gasteiger partial charge in [-0.05, 0) is 25.0 Å². The van der Waals surface area contributed by atoms with Crippen molar-refractivity contribution < 1.29 is 17.6 Å². The van der Waals surface area contributed by atoms with Crippen molar-refractivity contribution in [1.29, 1.82) is 0 Å². The molecule has 1 N–H and O–H groups in total. The topological polar surface area (TPSA) is 102 Å². The lowest BCUT2D eigenvalue weighted by atomic mass is 9.89. The zero-order valence-corrected chi connectivity index (χ0v) is 14.7. The fraction of sp³-hybridized carbons (Fsp3) is 0.471. The highest BCUT2D eigenvalue weighted by atomic mass is 32.2. The van der Waals surface area contributed by atoms with Crippen molar-refractivity contribution in [2.75, 3.05) is 11.1 Å². The molecule has 1 amide bonds. The van der Waals surface area contributed by atoms with Gasteiger partial charge in [0.25, 0.3) is 0 Å². The fourth-order valence-corrected chi connectivity index (χ4v) is 4.22. The van der Waals surface area contributed by atoms with Crippen molar-refractivity contribution in [3.8, 4) is 0 Å². The molecule has 2 aromatic rings. The van der Waals surface area contributed by atoms with Crippen molar-refractivity contribution in [1.82, 2.24) is 10.2 Å². The summed E-state index contributed by atoms with van der Waals surface area (Å²) in [6, 6.07) is 8.10. The van der Waals surface area contributed by atoms with Crippen LogP contribution in [0.4, 0.5) is 6.01 Å². The molecule has 0 atom stereocenters. The van der Waals surface area contributed by atoms with Crippen LogP contribution in [0.1, 0.15) is 50.3 Å². The molecule has 0 bridgehead atoms. The number of amides is 1. The molecule has 0 unspecified atom stereocenters. The highest BCUT2D eigenvalue weighted by molar-refractivity contribution is 7.91. The SMILES string of the molecule is O=C(CCS(=O)(=O)c1ccccc1)Nc1nnc(C2CCCCC2)o1. The Morgan fingerprint density at radius 2 is 1.84 bits per heavy atom. The van der Waals surface area contributed by atoms with Gasteiger partial charge in [0, 0.05) is 12.3 Å². The summed E-state index contributed by atoms with van der Waals surface area (Å²) in [6.07, 6.45) is 5.39. The lowest BCUT2D eigenvalue weighted by Crippen LogP contribution is -2.17. The zero-order chi connectivity index (χ0) is 17.7. The van der Waals surface area contributed by atoms with Crippen molar-refractivity contribution in [3.05, 3.63) is 36.2 Å². The summed E-state index contributed by atoms with van der Waals surface area (Å²) in [5.74, 6) is 0.0718. The third-order valence-corrected chi connectivity index (χ3v) is 6.07. The van der Waals surface area contributed by atoms with Crippen LogP contribution >= 0.6 is 0 Å². The maximum absolute atomic E-state index is 12.2. The third-order valence-electron chi connectivity index (χ3n) is 4.34. The van der Waals surface area contributed by atoms with E-state index in [1.807, 2.05) is 0 Å². The van der Waals surface area contributed by atoms with Crippen LogP contribution in [0, 0.1) is 0 Å². The van der Waals surface area contributed by atoms with Gasteiger partial charge in [-0.25, -0.2) is 8.42 Å². The number of carbonyl (C=O) groups excluding carboxylic acids is 1. The number of hydrogen-bond donors (Lipinski definition) is 1. The summed E-state index contributed by atoms with van der Waals surface area (Å²) in [6.45, 7) is 0. The number of rotatable bonds is 6. The van der Waals surface area contributed by atoms with Gasteiger partial charge in [-0.15, -0.1) is 5.10 Å². The summed E-state index contributed by atoms with van der Waals surface area (Å²) in [4.78, 5) is 12.2. The number of aromatic nitrogens is 2. The summed E-state index contributed by atoms with van der Waals surface area (Å²) in [7, 11) is -3.49. The smallest absolute Gasteiger partial charge is 0.322 e. The lowest BCUT2D eigenvalue weighted by Gasteiger charge is -2.17. The molecule has 0 aliphatic heterocycles. The van der Waals surface area contributed by atoms with Crippen molar-refractivity contribution >= 4 is 21.8 Å². The molecular weight excluding hydrogens is 342 g/mol. The van der Waals surface area contributed by atoms with E-state index in [9.17, 15) is 13.2 Å². The van der Waals surface area contributed by atoms with E-state index in [1.165, 1.54) is 18.6 Å². The molecule has 1 aromatic heterocycles. The predicted molar refractivity (Wildman–Crippen MR) is 91.9 cm³/mol. The van der Waals surface area contributed by atoms with Gasteiger partial charge in [-0.2, -0.15) is 0 Å². The predicted octanol–water partition coefficient (Wildman–Crippen LogP) is 2.92. The van der Waals surface area contributed by atoms with Crippen LogP contribution in [0.2, 0.25) is 0 Å². The Morgan fingerprint density at radius 3 is 2.56 bits per heavy atom. The van der Waals surface area contributed by atoms with Gasteiger partial charge in [0.15, 0.2) is 9.84 Å². The van der Waals surface area contributed by atoms with Crippen LogP contribution in [-0.2, 0) is 14.6 Å². The molecule has 8 heteroatoms. The number of nitrogens with zero attached hydrogens (tertiary/aromatic N) is 2. The molecule has 1 fully saturated rings. The van der Waals surface area contributed by atoms with Gasteiger partial charge in [-0.1, -0.05) is 42.6 Å². The molecule has 7 nitrogen and oxygen atoms in total. The first kappa shape index (κ1) is 17.6. The molecule has 1 aromatic carbocycles. The normalized spacial score (nSPS) is 15.8. The quantitative estimate of drug-likeness (QED) is 0.846. The number of carbonyl (C=O) groups is 1. The van der Waals surface area contributed by atoms with E-state index in [-0.39, 0.29) is 29.0 Å². The molecule has 0 saturated heterocycles. The maximum atomic E-state index is 12.2. The van der Waals surface area contributed by atoms with E-state index in [1.54, 1.807) is 18.2 Å². The zero-order valence-electron chi connectivity index (χ0n) is 13.8. The van der Waals surface area contributed by atoms with Gasteiger partial charge in [-0.3, -0.25) is 10.1 Å². The second-order valence-electron chi connectivity index (χ2n) is 6.21. The highest BCUT2D eigenvalue weighted by Crippen LogP contribution is 2.32. The first-order valence-corrected chi connectivity index (χ1v) is 10.1. The van der Waals surface area contributed by atoms with E-state index >= 15 is 0 Å². The van der Waals surface area contributed by atoms with Gasteiger partial charge < -0.3 is 4.42 Å². The average molecular weight is 363 g/mol. The Balaban J connectivity index is 1.53. The van der Waals surface area contributed by atoms with E-state index in [4.69, 9.17) is 4.42 Å². The Bertz CT molecular complexity index is 811. The molecule has 0 radical (unpaired) electrons. The first-order valence-electron chi connectivity index (χ1n) is 8.46. The van der Waals surface area contributed by atoms with E-state index in [0.29, 0.717) is 5.89 Å². The third kappa shape index (κ3) is 4.66. The summed E-state index contributed by atoms with van der Waals surface area (Å²) >= 11 is 0. The summed E-state index contributed by atoms with van der Waals surface area (Å²) in [5, 5.41) is 10.3. The van der Waals surface area contributed by atoms with Gasteiger partial charge >= 0.3 is 6.01 Å². The van der Waals surface area contributed by atoms with Gasteiger partial charge in [0.05, 0.1) is 10.6 Å². The first-order chi connectivity index (χ1) is 12.0. The van der Waals surface area contributed by atoms with Crippen molar-refractivity contribution in [2.45, 2.75) is 49.3 Å². The lowest BCUT2D eigenvalue weighted by molar-refractivity contribution is -0.116. The van der Waals surface area contributed by atoms with Crippen LogP contribution < -0.4 is 5.32 Å². The van der Waals surface area contributed by atoms with E-state index < -0.39 is 15.7 Å².